The van der Waals surface area contributed by atoms with Gasteiger partial charge < -0.3 is 10.3 Å². The predicted molar refractivity (Wildman–Crippen MR) is 79.1 cm³/mol. The molecule has 0 unspecified atom stereocenters. The molecule has 96 valence electrons. The van der Waals surface area contributed by atoms with E-state index in [4.69, 9.17) is 10.7 Å². The maximum Gasteiger partial charge on any atom is 0.114 e. The van der Waals surface area contributed by atoms with Crippen molar-refractivity contribution >= 4 is 16.7 Å². The number of nitrogens with two attached hydrogens (primary N) is 1. The highest BCUT2D eigenvalue weighted by atomic mass is 15.1. The van der Waals surface area contributed by atoms with Gasteiger partial charge >= 0.3 is 0 Å². The van der Waals surface area contributed by atoms with E-state index in [0.717, 1.165) is 29.0 Å². The first kappa shape index (κ1) is 11.8. The monoisotopic (exact) mass is 251 g/mol. The average molecular weight is 251 g/mol. The van der Waals surface area contributed by atoms with Crippen LogP contribution in [-0.2, 0) is 13.5 Å². The van der Waals surface area contributed by atoms with Crippen LogP contribution in [0.2, 0.25) is 0 Å². The topological polar surface area (TPSA) is 43.8 Å². The Morgan fingerprint density at radius 1 is 1.11 bits per heavy atom. The summed E-state index contributed by atoms with van der Waals surface area (Å²) in [5, 5.41) is 0. The summed E-state index contributed by atoms with van der Waals surface area (Å²) in [6.07, 6.45) is 0.808. The van der Waals surface area contributed by atoms with Gasteiger partial charge in [0, 0.05) is 19.2 Å². The average Bonchev–Trinajstić information content (AvgIpc) is 2.73. The number of nitrogens with zero attached hydrogens (tertiary/aromatic N) is 2. The smallest absolute Gasteiger partial charge is 0.114 e. The van der Waals surface area contributed by atoms with Crippen molar-refractivity contribution in [3.63, 3.8) is 0 Å². The van der Waals surface area contributed by atoms with Gasteiger partial charge in [-0.1, -0.05) is 24.3 Å². The second-order valence-electron chi connectivity index (χ2n) is 4.88. The van der Waals surface area contributed by atoms with Gasteiger partial charge in [0.2, 0.25) is 0 Å². The second-order valence-corrected chi connectivity index (χ2v) is 4.88. The van der Waals surface area contributed by atoms with Crippen LogP contribution in [0.25, 0.3) is 11.0 Å². The zero-order valence-corrected chi connectivity index (χ0v) is 11.2. The minimum absolute atomic E-state index is 0.808. The molecule has 0 aliphatic rings. The first-order chi connectivity index (χ1) is 9.16. The van der Waals surface area contributed by atoms with E-state index in [1.165, 1.54) is 11.1 Å². The number of aromatic nitrogens is 2. The molecule has 0 bridgehead atoms. The van der Waals surface area contributed by atoms with Gasteiger partial charge in [-0.25, -0.2) is 4.98 Å². The highest BCUT2D eigenvalue weighted by Crippen LogP contribution is 2.21. The summed E-state index contributed by atoms with van der Waals surface area (Å²) in [6.45, 7) is 2.06. The van der Waals surface area contributed by atoms with Crippen molar-refractivity contribution in [2.24, 2.45) is 7.05 Å². The third-order valence-corrected chi connectivity index (χ3v) is 3.72. The molecule has 0 saturated heterocycles. The van der Waals surface area contributed by atoms with Gasteiger partial charge in [0.25, 0.3) is 0 Å². The van der Waals surface area contributed by atoms with Gasteiger partial charge in [-0.3, -0.25) is 0 Å². The lowest BCUT2D eigenvalue weighted by molar-refractivity contribution is 0.842. The van der Waals surface area contributed by atoms with Gasteiger partial charge in [0.05, 0.1) is 11.0 Å². The van der Waals surface area contributed by atoms with E-state index in [9.17, 15) is 0 Å². The lowest BCUT2D eigenvalue weighted by atomic mass is 10.0. The van der Waals surface area contributed by atoms with Crippen LogP contribution in [0, 0.1) is 6.92 Å². The maximum atomic E-state index is 5.96. The van der Waals surface area contributed by atoms with Crippen LogP contribution in [0.3, 0.4) is 0 Å². The molecule has 0 aliphatic heterocycles. The van der Waals surface area contributed by atoms with Gasteiger partial charge in [0.1, 0.15) is 5.82 Å². The molecule has 0 amide bonds. The van der Waals surface area contributed by atoms with Gasteiger partial charge in [-0.15, -0.1) is 0 Å². The molecule has 2 N–H and O–H groups in total. The predicted octanol–water partition coefficient (Wildman–Crippen LogP) is 3.05. The van der Waals surface area contributed by atoms with Crippen molar-refractivity contribution in [3.05, 3.63) is 59.4 Å². The maximum absolute atomic E-state index is 5.96. The molecular weight excluding hydrogens is 234 g/mol. The highest BCUT2D eigenvalue weighted by molar-refractivity contribution is 5.75. The van der Waals surface area contributed by atoms with E-state index < -0.39 is 0 Å². The fourth-order valence-corrected chi connectivity index (χ4v) is 2.42. The number of hydrogen-bond donors (Lipinski definition) is 1. The Balaban J connectivity index is 2.06. The lowest BCUT2D eigenvalue weighted by Crippen LogP contribution is -2.02. The first-order valence-electron chi connectivity index (χ1n) is 6.41. The van der Waals surface area contributed by atoms with E-state index in [2.05, 4.69) is 30.7 Å². The molecule has 0 fully saturated rings. The Morgan fingerprint density at radius 2 is 1.89 bits per heavy atom. The molecule has 3 nitrogen and oxygen atoms in total. The molecule has 0 aliphatic carbocycles. The zero-order valence-electron chi connectivity index (χ0n) is 11.2. The zero-order chi connectivity index (χ0) is 13.4. The van der Waals surface area contributed by atoms with E-state index >= 15 is 0 Å². The van der Waals surface area contributed by atoms with Crippen molar-refractivity contribution in [1.29, 1.82) is 0 Å². The largest absolute Gasteiger partial charge is 0.399 e. The summed E-state index contributed by atoms with van der Waals surface area (Å²) >= 11 is 0. The summed E-state index contributed by atoms with van der Waals surface area (Å²) in [4.78, 5) is 4.70. The van der Waals surface area contributed by atoms with Crippen LogP contribution >= 0.6 is 0 Å². The Labute approximate surface area is 112 Å². The van der Waals surface area contributed by atoms with E-state index in [1.54, 1.807) is 0 Å². The van der Waals surface area contributed by atoms with Crippen LogP contribution in [0.4, 0.5) is 5.69 Å². The molecule has 0 radical (unpaired) electrons. The molecule has 1 aromatic heterocycles. The number of anilines is 1. The van der Waals surface area contributed by atoms with Crippen molar-refractivity contribution in [2.75, 3.05) is 5.73 Å². The molecule has 0 saturated carbocycles. The van der Waals surface area contributed by atoms with Crippen LogP contribution in [0.5, 0.6) is 0 Å². The summed E-state index contributed by atoms with van der Waals surface area (Å²) in [5.74, 6) is 1.06. The number of nitrogen functional groups attached to an aromatic ring is 1. The third-order valence-electron chi connectivity index (χ3n) is 3.72. The number of imidazole rings is 1. The number of rotatable bonds is 2. The normalized spacial score (nSPS) is 11.1. The SMILES string of the molecule is Cc1c(N)cccc1Cc1nc2ccccc2n1C. The van der Waals surface area contributed by atoms with Crippen LogP contribution < -0.4 is 5.73 Å². The molecular formula is C16H17N3. The summed E-state index contributed by atoms with van der Waals surface area (Å²) in [6, 6.07) is 14.3. The van der Waals surface area contributed by atoms with E-state index in [0.29, 0.717) is 0 Å². The molecule has 3 heteroatoms. The molecule has 3 aromatic rings. The Morgan fingerprint density at radius 3 is 2.68 bits per heavy atom. The first-order valence-corrected chi connectivity index (χ1v) is 6.41. The van der Waals surface area contributed by atoms with Crippen molar-refractivity contribution in [2.45, 2.75) is 13.3 Å². The summed E-state index contributed by atoms with van der Waals surface area (Å²) < 4.78 is 2.15. The molecule has 19 heavy (non-hydrogen) atoms. The molecule has 0 spiro atoms. The fraction of sp³-hybridized carbons (Fsp3) is 0.188. The standard InChI is InChI=1S/C16H17N3/c1-11-12(6-5-7-13(11)17)10-16-18-14-8-3-4-9-15(14)19(16)2/h3-9H,10,17H2,1-2H3. The van der Waals surface area contributed by atoms with Crippen LogP contribution in [0.1, 0.15) is 17.0 Å². The third kappa shape index (κ3) is 1.97. The molecule has 2 aromatic carbocycles. The van der Waals surface area contributed by atoms with Gasteiger partial charge in [-0.2, -0.15) is 0 Å². The Hall–Kier alpha value is -2.29. The number of para-hydroxylation sites is 2. The number of fused-ring (bicyclic) bond motifs is 1. The van der Waals surface area contributed by atoms with E-state index in [1.807, 2.05) is 30.3 Å². The fourth-order valence-electron chi connectivity index (χ4n) is 2.42. The molecule has 0 atom stereocenters. The minimum Gasteiger partial charge on any atom is -0.399 e. The van der Waals surface area contributed by atoms with E-state index in [-0.39, 0.29) is 0 Å². The van der Waals surface area contributed by atoms with Gasteiger partial charge in [0.15, 0.2) is 0 Å². The lowest BCUT2D eigenvalue weighted by Gasteiger charge is -2.08. The quantitative estimate of drug-likeness (QED) is 0.711. The Bertz CT molecular complexity index is 741. The van der Waals surface area contributed by atoms with Crippen LogP contribution in [0.15, 0.2) is 42.5 Å². The summed E-state index contributed by atoms with van der Waals surface area (Å²) in [5.41, 5.74) is 11.4. The van der Waals surface area contributed by atoms with Crippen molar-refractivity contribution < 1.29 is 0 Å². The van der Waals surface area contributed by atoms with Gasteiger partial charge in [-0.05, 0) is 36.2 Å². The Kier molecular flexibility index (Phi) is 2.75. The second kappa shape index (κ2) is 4.43. The van der Waals surface area contributed by atoms with Crippen molar-refractivity contribution in [1.82, 2.24) is 9.55 Å². The summed E-state index contributed by atoms with van der Waals surface area (Å²) in [7, 11) is 2.06. The number of hydrogen-bond acceptors (Lipinski definition) is 2. The minimum atomic E-state index is 0.808. The highest BCUT2D eigenvalue weighted by Gasteiger charge is 2.09. The molecule has 1 heterocycles. The number of aryl methyl sites for hydroxylation is 1. The molecule has 3 rings (SSSR count). The number of benzene rings is 2. The van der Waals surface area contributed by atoms with Crippen molar-refractivity contribution in [3.8, 4) is 0 Å². The van der Waals surface area contributed by atoms with Crippen LogP contribution in [-0.4, -0.2) is 9.55 Å².